The summed E-state index contributed by atoms with van der Waals surface area (Å²) in [5, 5.41) is 9.72. The normalized spacial score (nSPS) is 11.7. The lowest BCUT2D eigenvalue weighted by Gasteiger charge is -2.12. The van der Waals surface area contributed by atoms with Crippen LogP contribution in [0.25, 0.3) is 10.9 Å². The summed E-state index contributed by atoms with van der Waals surface area (Å²) >= 11 is 0. The fourth-order valence-corrected chi connectivity index (χ4v) is 3.88. The van der Waals surface area contributed by atoms with Gasteiger partial charge in [-0.05, 0) is 25.1 Å². The Morgan fingerprint density at radius 1 is 1.09 bits per heavy atom. The Morgan fingerprint density at radius 3 is 2.48 bits per heavy atom. The first kappa shape index (κ1) is 15.6. The molecule has 0 aliphatic heterocycles. The van der Waals surface area contributed by atoms with Crippen LogP contribution in [-0.2, 0) is 10.0 Å². The number of fused-ring (bicyclic) bond motifs is 1. The molecule has 1 N–H and O–H groups in total. The van der Waals surface area contributed by atoms with Gasteiger partial charge in [0.1, 0.15) is 6.61 Å². The predicted molar refractivity (Wildman–Crippen MR) is 88.3 cm³/mol. The Labute approximate surface area is 134 Å². The third-order valence-electron chi connectivity index (χ3n) is 3.54. The van der Waals surface area contributed by atoms with Gasteiger partial charge in [-0.15, -0.1) is 0 Å². The first-order chi connectivity index (χ1) is 11.0. The second kappa shape index (κ2) is 6.06. The standard InChI is InChI=1S/C17H17NO4S/c1-13-6-8-15(9-7-13)23(20,21)18-16-5-3-2-4-14(16)12-17(18)22-11-10-19/h2-9,12,19H,10-11H2,1H3. The minimum Gasteiger partial charge on any atom is -0.476 e. The smallest absolute Gasteiger partial charge is 0.271 e. The molecule has 0 bridgehead atoms. The maximum atomic E-state index is 13.0. The summed E-state index contributed by atoms with van der Waals surface area (Å²) in [4.78, 5) is 0.193. The van der Waals surface area contributed by atoms with Crippen LogP contribution in [0.5, 0.6) is 5.88 Å². The van der Waals surface area contributed by atoms with Crippen LogP contribution in [0.2, 0.25) is 0 Å². The molecule has 0 amide bonds. The van der Waals surface area contributed by atoms with E-state index >= 15 is 0 Å². The van der Waals surface area contributed by atoms with Crippen LogP contribution in [0.1, 0.15) is 5.56 Å². The van der Waals surface area contributed by atoms with E-state index in [0.717, 1.165) is 10.9 Å². The van der Waals surface area contributed by atoms with Gasteiger partial charge < -0.3 is 9.84 Å². The van der Waals surface area contributed by atoms with Gasteiger partial charge >= 0.3 is 0 Å². The van der Waals surface area contributed by atoms with Crippen LogP contribution in [0.3, 0.4) is 0 Å². The van der Waals surface area contributed by atoms with Gasteiger partial charge in [0.05, 0.1) is 17.0 Å². The molecular formula is C17H17NO4S. The molecule has 2 aromatic carbocycles. The Balaban J connectivity index is 2.22. The van der Waals surface area contributed by atoms with E-state index in [1.807, 2.05) is 19.1 Å². The predicted octanol–water partition coefficient (Wildman–Crippen LogP) is 2.56. The topological polar surface area (TPSA) is 68.5 Å². The van der Waals surface area contributed by atoms with E-state index in [4.69, 9.17) is 9.84 Å². The number of nitrogens with zero attached hydrogens (tertiary/aromatic N) is 1. The third-order valence-corrected chi connectivity index (χ3v) is 5.26. The zero-order valence-corrected chi connectivity index (χ0v) is 13.5. The quantitative estimate of drug-likeness (QED) is 0.780. The van der Waals surface area contributed by atoms with Crippen molar-refractivity contribution < 1.29 is 18.3 Å². The number of aliphatic hydroxyl groups is 1. The number of hydrogen-bond donors (Lipinski definition) is 1. The van der Waals surface area contributed by atoms with Gasteiger partial charge in [-0.1, -0.05) is 35.9 Å². The Morgan fingerprint density at radius 2 is 1.78 bits per heavy atom. The summed E-state index contributed by atoms with van der Waals surface area (Å²) in [5.41, 5.74) is 1.53. The molecule has 3 aromatic rings. The number of aromatic nitrogens is 1. The first-order valence-corrected chi connectivity index (χ1v) is 8.64. The summed E-state index contributed by atoms with van der Waals surface area (Å²) in [6.45, 7) is 1.74. The average molecular weight is 331 g/mol. The maximum absolute atomic E-state index is 13.0. The Kier molecular flexibility index (Phi) is 4.11. The van der Waals surface area contributed by atoms with Crippen molar-refractivity contribution in [1.29, 1.82) is 0 Å². The highest BCUT2D eigenvalue weighted by Crippen LogP contribution is 2.30. The first-order valence-electron chi connectivity index (χ1n) is 7.20. The zero-order chi connectivity index (χ0) is 16.4. The molecule has 0 aliphatic carbocycles. The monoisotopic (exact) mass is 331 g/mol. The van der Waals surface area contributed by atoms with Crippen molar-refractivity contribution in [1.82, 2.24) is 3.97 Å². The fourth-order valence-electron chi connectivity index (χ4n) is 2.42. The minimum absolute atomic E-state index is 0.0275. The van der Waals surface area contributed by atoms with E-state index in [2.05, 4.69) is 0 Å². The molecule has 0 unspecified atom stereocenters. The zero-order valence-electron chi connectivity index (χ0n) is 12.6. The largest absolute Gasteiger partial charge is 0.476 e. The molecule has 23 heavy (non-hydrogen) atoms. The fraction of sp³-hybridized carbons (Fsp3) is 0.176. The summed E-state index contributed by atoms with van der Waals surface area (Å²) < 4.78 is 32.7. The van der Waals surface area contributed by atoms with Gasteiger partial charge in [0, 0.05) is 11.5 Å². The van der Waals surface area contributed by atoms with Crippen molar-refractivity contribution >= 4 is 20.9 Å². The van der Waals surface area contributed by atoms with Gasteiger partial charge in [-0.2, -0.15) is 0 Å². The number of aliphatic hydroxyl groups excluding tert-OH is 1. The SMILES string of the molecule is Cc1ccc(S(=O)(=O)n2c(OCCO)cc3ccccc32)cc1. The minimum atomic E-state index is -3.79. The van der Waals surface area contributed by atoms with Crippen molar-refractivity contribution in [3.63, 3.8) is 0 Å². The molecular weight excluding hydrogens is 314 g/mol. The van der Waals surface area contributed by atoms with E-state index in [1.165, 1.54) is 3.97 Å². The third kappa shape index (κ3) is 2.83. The van der Waals surface area contributed by atoms with Gasteiger partial charge in [-0.3, -0.25) is 0 Å². The van der Waals surface area contributed by atoms with Gasteiger partial charge in [0.15, 0.2) is 0 Å². The lowest BCUT2D eigenvalue weighted by atomic mass is 10.2. The molecule has 0 fully saturated rings. The number of rotatable bonds is 5. The van der Waals surface area contributed by atoms with E-state index in [9.17, 15) is 8.42 Å². The average Bonchev–Trinajstić information content (AvgIpc) is 2.92. The number of benzene rings is 2. The highest BCUT2D eigenvalue weighted by atomic mass is 32.2. The number of ether oxygens (including phenoxy) is 1. The van der Waals surface area contributed by atoms with Gasteiger partial charge in [0.2, 0.25) is 5.88 Å². The molecule has 0 aliphatic rings. The van der Waals surface area contributed by atoms with Crippen LogP contribution in [-0.4, -0.2) is 30.7 Å². The number of hydrogen-bond acceptors (Lipinski definition) is 4. The van der Waals surface area contributed by atoms with Crippen LogP contribution >= 0.6 is 0 Å². The highest BCUT2D eigenvalue weighted by molar-refractivity contribution is 7.90. The van der Waals surface area contributed by atoms with Gasteiger partial charge in [-0.25, -0.2) is 12.4 Å². The van der Waals surface area contributed by atoms with Crippen LogP contribution in [0, 0.1) is 6.92 Å². The van der Waals surface area contributed by atoms with Crippen LogP contribution < -0.4 is 4.74 Å². The second-order valence-electron chi connectivity index (χ2n) is 5.20. The van der Waals surface area contributed by atoms with Crippen molar-refractivity contribution in [3.05, 3.63) is 60.2 Å². The number of aryl methyl sites for hydroxylation is 1. The van der Waals surface area contributed by atoms with Crippen molar-refractivity contribution in [2.75, 3.05) is 13.2 Å². The van der Waals surface area contributed by atoms with Gasteiger partial charge in [0.25, 0.3) is 10.0 Å². The number of para-hydroxylation sites is 1. The van der Waals surface area contributed by atoms with Crippen molar-refractivity contribution in [2.24, 2.45) is 0 Å². The lowest BCUT2D eigenvalue weighted by molar-refractivity contribution is 0.196. The van der Waals surface area contributed by atoms with Crippen LogP contribution in [0.15, 0.2) is 59.5 Å². The van der Waals surface area contributed by atoms with Crippen LogP contribution in [0.4, 0.5) is 0 Å². The van der Waals surface area contributed by atoms with E-state index < -0.39 is 10.0 Å². The van der Waals surface area contributed by atoms with Crippen molar-refractivity contribution in [2.45, 2.75) is 11.8 Å². The molecule has 1 heterocycles. The molecule has 1 aromatic heterocycles. The molecule has 3 rings (SSSR count). The molecule has 6 heteroatoms. The molecule has 0 atom stereocenters. The lowest BCUT2D eigenvalue weighted by Crippen LogP contribution is -2.15. The van der Waals surface area contributed by atoms with E-state index in [0.29, 0.717) is 5.52 Å². The molecule has 5 nitrogen and oxygen atoms in total. The maximum Gasteiger partial charge on any atom is 0.271 e. The summed E-state index contributed by atoms with van der Waals surface area (Å²) in [7, 11) is -3.79. The summed E-state index contributed by atoms with van der Waals surface area (Å²) in [6, 6.07) is 15.5. The molecule has 0 saturated heterocycles. The highest BCUT2D eigenvalue weighted by Gasteiger charge is 2.23. The Hall–Kier alpha value is -2.31. The van der Waals surface area contributed by atoms with Crippen molar-refractivity contribution in [3.8, 4) is 5.88 Å². The Bertz CT molecular complexity index is 927. The molecule has 0 saturated carbocycles. The molecule has 120 valence electrons. The molecule has 0 spiro atoms. The van der Waals surface area contributed by atoms with E-state index in [-0.39, 0.29) is 24.0 Å². The second-order valence-corrected chi connectivity index (χ2v) is 6.98. The molecule has 0 radical (unpaired) electrons. The summed E-state index contributed by atoms with van der Waals surface area (Å²) in [6.07, 6.45) is 0. The van der Waals surface area contributed by atoms with E-state index in [1.54, 1.807) is 42.5 Å². The summed E-state index contributed by atoms with van der Waals surface area (Å²) in [5.74, 6) is 0.195.